The summed E-state index contributed by atoms with van der Waals surface area (Å²) >= 11 is 0. The predicted molar refractivity (Wildman–Crippen MR) is 254 cm³/mol. The molecule has 346 valence electrons. The summed E-state index contributed by atoms with van der Waals surface area (Å²) in [6.07, 6.45) is 9.87. The summed E-state index contributed by atoms with van der Waals surface area (Å²) in [5.74, 6) is 2.82. The number of ether oxygens (including phenoxy) is 2. The second kappa shape index (κ2) is 19.8. The molecule has 4 aromatic rings. The fourth-order valence-electron chi connectivity index (χ4n) is 10.0. The number of nitrogens with one attached hydrogen (secondary N) is 2. The van der Waals surface area contributed by atoms with E-state index in [1.165, 1.54) is 48.1 Å². The van der Waals surface area contributed by atoms with Crippen molar-refractivity contribution in [1.82, 2.24) is 29.7 Å². The molecule has 1 aliphatic carbocycles. The van der Waals surface area contributed by atoms with Crippen molar-refractivity contribution in [1.29, 1.82) is 0 Å². The number of carbonyl (C=O) groups excluding carboxylic acids is 2. The van der Waals surface area contributed by atoms with Gasteiger partial charge in [0.15, 0.2) is 29.1 Å². The van der Waals surface area contributed by atoms with Crippen LogP contribution < -0.4 is 41.4 Å². The molecule has 2 aromatic heterocycles. The van der Waals surface area contributed by atoms with E-state index in [2.05, 4.69) is 87.6 Å². The average molecular weight is 887 g/mol. The van der Waals surface area contributed by atoms with E-state index in [1.54, 1.807) is 0 Å². The molecule has 4 aliphatic heterocycles. The highest BCUT2D eigenvalue weighted by Crippen LogP contribution is 2.37. The second-order valence-corrected chi connectivity index (χ2v) is 19.1. The molecule has 65 heavy (non-hydrogen) atoms. The molecule has 1 amide bonds. The van der Waals surface area contributed by atoms with Crippen LogP contribution in [0.1, 0.15) is 99.1 Å². The molecule has 0 spiro atoms. The molecule has 0 saturated heterocycles. The van der Waals surface area contributed by atoms with Crippen LogP contribution in [0.4, 0.5) is 34.6 Å². The van der Waals surface area contributed by atoms with Crippen LogP contribution in [-0.2, 0) is 48.6 Å². The Morgan fingerprint density at radius 2 is 1.42 bits per heavy atom. The fourth-order valence-corrected chi connectivity index (χ4v) is 10.0. The first kappa shape index (κ1) is 44.5. The monoisotopic (exact) mass is 887 g/mol. The van der Waals surface area contributed by atoms with Crippen LogP contribution in [0.3, 0.4) is 0 Å². The summed E-state index contributed by atoms with van der Waals surface area (Å²) in [6.45, 7) is 14.4. The molecule has 0 radical (unpaired) electrons. The molecule has 6 heterocycles. The number of nitrogens with two attached hydrogens (primary N) is 2. The highest BCUT2D eigenvalue weighted by atomic mass is 16.5. The van der Waals surface area contributed by atoms with Gasteiger partial charge in [0.2, 0.25) is 5.91 Å². The summed E-state index contributed by atoms with van der Waals surface area (Å²) in [6, 6.07) is 14.3. The Labute approximate surface area is 382 Å². The normalized spacial score (nSPS) is 18.6. The van der Waals surface area contributed by atoms with Crippen LogP contribution >= 0.6 is 0 Å². The number of anilines is 6. The quantitative estimate of drug-likeness (QED) is 0.0906. The molecule has 16 nitrogen and oxygen atoms in total. The van der Waals surface area contributed by atoms with Gasteiger partial charge in [-0.3, -0.25) is 19.4 Å². The number of Topliss-reactive ketones (excluding diaryl/α,β-unsaturated/α-hetero) is 1. The van der Waals surface area contributed by atoms with Gasteiger partial charge in [-0.2, -0.15) is 19.9 Å². The molecule has 16 heteroatoms. The Morgan fingerprint density at radius 1 is 0.769 bits per heavy atom. The summed E-state index contributed by atoms with van der Waals surface area (Å²) in [7, 11) is 0. The number of amides is 1. The predicted octanol–water partition coefficient (Wildman–Crippen LogP) is 5.97. The average Bonchev–Trinajstić information content (AvgIpc) is 3.42. The van der Waals surface area contributed by atoms with Crippen molar-refractivity contribution in [3.63, 3.8) is 0 Å². The second-order valence-electron chi connectivity index (χ2n) is 19.1. The lowest BCUT2D eigenvalue weighted by molar-refractivity contribution is -0.116. The molecule has 2 atom stereocenters. The lowest BCUT2D eigenvalue weighted by atomic mass is 9.84. The number of nitrogens with zero attached hydrogens (tertiary/aromatic N) is 8. The summed E-state index contributed by atoms with van der Waals surface area (Å²) in [4.78, 5) is 53.2. The van der Waals surface area contributed by atoms with Crippen LogP contribution in [0.2, 0.25) is 0 Å². The topological polar surface area (TPSA) is 193 Å². The number of aromatic nitrogens is 4. The summed E-state index contributed by atoms with van der Waals surface area (Å²) in [5.41, 5.74) is 21.5. The van der Waals surface area contributed by atoms with Crippen LogP contribution in [0.15, 0.2) is 36.4 Å². The zero-order valence-corrected chi connectivity index (χ0v) is 38.4. The van der Waals surface area contributed by atoms with Crippen LogP contribution in [0, 0.1) is 11.8 Å². The number of ketones is 1. The summed E-state index contributed by atoms with van der Waals surface area (Å²) in [5, 5.41) is 6.06. The fraction of sp³-hybridized carbons (Fsp3) is 0.551. The van der Waals surface area contributed by atoms with Crippen LogP contribution in [-0.4, -0.2) is 100.0 Å². The number of hydrogen-bond acceptors (Lipinski definition) is 15. The van der Waals surface area contributed by atoms with Gasteiger partial charge in [0.1, 0.15) is 11.4 Å². The van der Waals surface area contributed by atoms with E-state index in [9.17, 15) is 9.59 Å². The number of benzene rings is 2. The van der Waals surface area contributed by atoms with E-state index in [1.807, 2.05) is 9.80 Å². The Hall–Kier alpha value is -5.74. The van der Waals surface area contributed by atoms with Crippen molar-refractivity contribution in [3.8, 4) is 12.0 Å². The van der Waals surface area contributed by atoms with Crippen molar-refractivity contribution in [2.24, 2.45) is 11.8 Å². The maximum atomic E-state index is 12.9. The molecule has 5 aliphatic rings. The highest BCUT2D eigenvalue weighted by Gasteiger charge is 2.30. The SMILES string of the molecule is CCCCOc1nc(N)c2c(n1)N(Cc1ccc3c(c1)CN(C(C)CC(C)CCOc1nc(N)c4c(n1)N(Cc1ccc5c(c1)CN(CC1CCC1)CC5)CC(=O)N4)CC3)CC(=O)CN2. The van der Waals surface area contributed by atoms with Crippen LogP contribution in [0.25, 0.3) is 0 Å². The molecular weight excluding hydrogens is 821 g/mol. The van der Waals surface area contributed by atoms with E-state index in [4.69, 9.17) is 30.9 Å². The third-order valence-electron chi connectivity index (χ3n) is 13.9. The van der Waals surface area contributed by atoms with E-state index in [0.717, 1.165) is 81.7 Å². The molecular formula is C49H66N12O4. The Balaban J connectivity index is 0.791. The van der Waals surface area contributed by atoms with Gasteiger partial charge >= 0.3 is 12.0 Å². The molecule has 1 saturated carbocycles. The number of hydrogen-bond donors (Lipinski definition) is 4. The molecule has 6 N–H and O–H groups in total. The molecule has 0 bridgehead atoms. The molecule has 2 unspecified atom stereocenters. The van der Waals surface area contributed by atoms with Crippen molar-refractivity contribution < 1.29 is 19.1 Å². The largest absolute Gasteiger partial charge is 0.463 e. The first-order valence-corrected chi connectivity index (χ1v) is 23.9. The maximum absolute atomic E-state index is 12.9. The van der Waals surface area contributed by atoms with E-state index < -0.39 is 0 Å². The van der Waals surface area contributed by atoms with Crippen molar-refractivity contribution in [3.05, 3.63) is 69.8 Å². The van der Waals surface area contributed by atoms with Crippen molar-refractivity contribution in [2.45, 2.75) is 111 Å². The minimum absolute atomic E-state index is 0.0520. The number of unbranched alkanes of at least 4 members (excludes halogenated alkanes) is 1. The van der Waals surface area contributed by atoms with Gasteiger partial charge in [-0.25, -0.2) is 0 Å². The van der Waals surface area contributed by atoms with Gasteiger partial charge in [-0.1, -0.05) is 63.1 Å². The number of fused-ring (bicyclic) bond motifs is 4. The van der Waals surface area contributed by atoms with E-state index in [0.29, 0.717) is 61.3 Å². The number of nitrogen functional groups attached to an aromatic ring is 2. The number of rotatable bonds is 17. The smallest absolute Gasteiger partial charge is 0.320 e. The van der Waals surface area contributed by atoms with Gasteiger partial charge in [0, 0.05) is 51.9 Å². The van der Waals surface area contributed by atoms with Gasteiger partial charge < -0.3 is 41.4 Å². The van der Waals surface area contributed by atoms with E-state index in [-0.39, 0.29) is 55.0 Å². The maximum Gasteiger partial charge on any atom is 0.320 e. The Kier molecular flexibility index (Phi) is 13.5. The minimum Gasteiger partial charge on any atom is -0.463 e. The molecule has 9 rings (SSSR count). The molecule has 2 aromatic carbocycles. The first-order valence-electron chi connectivity index (χ1n) is 23.9. The third-order valence-corrected chi connectivity index (χ3v) is 13.9. The standard InChI is InChI=1S/C49H66N12O4/c1-4-5-18-64-48-54-44(50)42-46(56-48)60(29-40(62)23-52-42)25-35-10-12-37-14-17-59(28-39(37)22-35)32(3)20-31(2)15-19-65-49-55-45(51)43-47(57-49)61(30-41(63)53-43)26-34-9-11-36-13-16-58(27-38(36)21-34)24-33-7-6-8-33/h9-12,21-22,31-33,52H,4-8,13-20,23-30H2,1-3H3,(H,53,63)(H2,50,54,56)(H2,51,55,57). The first-order chi connectivity index (χ1) is 31.5. The third kappa shape index (κ3) is 10.5. The van der Waals surface area contributed by atoms with Gasteiger partial charge in [0.05, 0.1) is 32.8 Å². The summed E-state index contributed by atoms with van der Waals surface area (Å²) < 4.78 is 12.0. The Bertz CT molecular complexity index is 2370. The zero-order chi connectivity index (χ0) is 45.0. The zero-order valence-electron chi connectivity index (χ0n) is 38.4. The van der Waals surface area contributed by atoms with Gasteiger partial charge in [-0.15, -0.1) is 0 Å². The lowest BCUT2D eigenvalue weighted by Gasteiger charge is -2.35. The molecule has 1 fully saturated rings. The lowest BCUT2D eigenvalue weighted by Crippen LogP contribution is -2.39. The number of carbonyl (C=O) groups is 2. The van der Waals surface area contributed by atoms with Gasteiger partial charge in [-0.05, 0) is 97.1 Å². The highest BCUT2D eigenvalue weighted by molar-refractivity contribution is 6.03. The van der Waals surface area contributed by atoms with Crippen LogP contribution in [0.5, 0.6) is 12.0 Å². The van der Waals surface area contributed by atoms with Gasteiger partial charge in [0.25, 0.3) is 0 Å². The van der Waals surface area contributed by atoms with E-state index >= 15 is 0 Å². The Morgan fingerprint density at radius 3 is 2.11 bits per heavy atom. The van der Waals surface area contributed by atoms with Crippen molar-refractivity contribution in [2.75, 3.05) is 84.4 Å². The minimum atomic E-state index is -0.134. The van der Waals surface area contributed by atoms with Crippen molar-refractivity contribution >= 4 is 46.3 Å².